The van der Waals surface area contributed by atoms with E-state index < -0.39 is 12.0 Å². The molecule has 0 aliphatic heterocycles. The Morgan fingerprint density at radius 3 is 1.85 bits per heavy atom. The minimum Gasteiger partial charge on any atom is -0.497 e. The van der Waals surface area contributed by atoms with E-state index in [4.69, 9.17) is 10.5 Å². The number of rotatable bonds is 11. The molecule has 0 aliphatic rings. The van der Waals surface area contributed by atoms with Gasteiger partial charge in [-0.1, -0.05) is 72.8 Å². The standard InChI is InChI=1S/C28H33N3O3/c1-20(21-15-17-24(34-2)18-16-21)30-27(32)25(14-9-19-29)31-28(33)26(22-10-5-3-6-11-22)23-12-7-4-8-13-23/h3-8,10-13,15-18,20,25-26H,9,14,19,29H2,1-2H3,(H,30,32)(H,31,33)/t20-,25+/m1/s1. The summed E-state index contributed by atoms with van der Waals surface area (Å²) in [6.07, 6.45) is 1.08. The molecule has 178 valence electrons. The Kier molecular flexibility index (Phi) is 9.23. The number of hydrogen-bond acceptors (Lipinski definition) is 4. The summed E-state index contributed by atoms with van der Waals surface area (Å²) >= 11 is 0. The molecule has 2 amide bonds. The van der Waals surface area contributed by atoms with Crippen molar-refractivity contribution >= 4 is 11.8 Å². The number of methoxy groups -OCH3 is 1. The molecule has 6 nitrogen and oxygen atoms in total. The number of nitrogens with one attached hydrogen (secondary N) is 2. The molecular weight excluding hydrogens is 426 g/mol. The molecule has 0 saturated heterocycles. The van der Waals surface area contributed by atoms with Gasteiger partial charge in [0.2, 0.25) is 11.8 Å². The molecular formula is C28H33N3O3. The van der Waals surface area contributed by atoms with Gasteiger partial charge in [0.05, 0.1) is 19.1 Å². The Bertz CT molecular complexity index is 1000. The Morgan fingerprint density at radius 1 is 0.794 bits per heavy atom. The summed E-state index contributed by atoms with van der Waals surface area (Å²) in [4.78, 5) is 26.7. The predicted molar refractivity (Wildman–Crippen MR) is 134 cm³/mol. The fraction of sp³-hybridized carbons (Fsp3) is 0.286. The van der Waals surface area contributed by atoms with Crippen molar-refractivity contribution in [3.8, 4) is 5.75 Å². The third-order valence-corrected chi connectivity index (χ3v) is 5.83. The zero-order valence-electron chi connectivity index (χ0n) is 19.7. The number of carbonyl (C=O) groups is 2. The molecule has 0 unspecified atom stereocenters. The zero-order valence-corrected chi connectivity index (χ0v) is 19.7. The van der Waals surface area contributed by atoms with Crippen LogP contribution in [0.3, 0.4) is 0 Å². The first-order chi connectivity index (χ1) is 16.5. The lowest BCUT2D eigenvalue weighted by Gasteiger charge is -2.25. The number of amides is 2. The first-order valence-corrected chi connectivity index (χ1v) is 11.6. The number of ether oxygens (including phenoxy) is 1. The second-order valence-electron chi connectivity index (χ2n) is 8.25. The third-order valence-electron chi connectivity index (χ3n) is 5.83. The monoisotopic (exact) mass is 459 g/mol. The quantitative estimate of drug-likeness (QED) is 0.405. The molecule has 0 aromatic heterocycles. The van der Waals surface area contributed by atoms with E-state index >= 15 is 0 Å². The van der Waals surface area contributed by atoms with Crippen LogP contribution in [-0.2, 0) is 9.59 Å². The van der Waals surface area contributed by atoms with Crippen molar-refractivity contribution in [2.75, 3.05) is 13.7 Å². The zero-order chi connectivity index (χ0) is 24.3. The summed E-state index contributed by atoms with van der Waals surface area (Å²) in [6.45, 7) is 2.35. The van der Waals surface area contributed by atoms with E-state index in [1.165, 1.54) is 0 Å². The van der Waals surface area contributed by atoms with Gasteiger partial charge in [0.25, 0.3) is 0 Å². The van der Waals surface area contributed by atoms with E-state index in [0.29, 0.717) is 19.4 Å². The van der Waals surface area contributed by atoms with Crippen molar-refractivity contribution in [1.82, 2.24) is 10.6 Å². The molecule has 3 aromatic rings. The molecule has 6 heteroatoms. The molecule has 0 bridgehead atoms. The molecule has 0 saturated carbocycles. The highest BCUT2D eigenvalue weighted by atomic mass is 16.5. The van der Waals surface area contributed by atoms with E-state index in [-0.39, 0.29) is 17.9 Å². The normalized spacial score (nSPS) is 12.6. The van der Waals surface area contributed by atoms with Crippen molar-refractivity contribution in [2.45, 2.75) is 37.8 Å². The van der Waals surface area contributed by atoms with Crippen LogP contribution in [0.25, 0.3) is 0 Å². The first-order valence-electron chi connectivity index (χ1n) is 11.6. The van der Waals surface area contributed by atoms with Crippen molar-refractivity contribution in [3.63, 3.8) is 0 Å². The van der Waals surface area contributed by atoms with Gasteiger partial charge in [0.1, 0.15) is 11.8 Å². The predicted octanol–water partition coefficient (Wildman–Crippen LogP) is 3.93. The van der Waals surface area contributed by atoms with Crippen LogP contribution >= 0.6 is 0 Å². The highest BCUT2D eigenvalue weighted by molar-refractivity contribution is 5.92. The molecule has 3 rings (SSSR count). The van der Waals surface area contributed by atoms with Gasteiger partial charge in [-0.25, -0.2) is 0 Å². The van der Waals surface area contributed by atoms with E-state index in [1.807, 2.05) is 91.9 Å². The van der Waals surface area contributed by atoms with Crippen molar-refractivity contribution < 1.29 is 14.3 Å². The summed E-state index contributed by atoms with van der Waals surface area (Å²) in [6, 6.07) is 25.8. The minimum atomic E-state index is -0.688. The van der Waals surface area contributed by atoms with E-state index in [9.17, 15) is 9.59 Å². The van der Waals surface area contributed by atoms with Crippen LogP contribution in [0.5, 0.6) is 5.75 Å². The summed E-state index contributed by atoms with van der Waals surface area (Å²) in [5, 5.41) is 6.03. The van der Waals surface area contributed by atoms with Gasteiger partial charge in [-0.15, -0.1) is 0 Å². The van der Waals surface area contributed by atoms with Gasteiger partial charge in [-0.3, -0.25) is 9.59 Å². The van der Waals surface area contributed by atoms with Crippen LogP contribution in [0.15, 0.2) is 84.9 Å². The minimum absolute atomic E-state index is 0.216. The van der Waals surface area contributed by atoms with E-state index in [2.05, 4.69) is 10.6 Å². The highest BCUT2D eigenvalue weighted by Crippen LogP contribution is 2.25. The van der Waals surface area contributed by atoms with Crippen LogP contribution in [0.1, 0.15) is 48.4 Å². The maximum Gasteiger partial charge on any atom is 0.243 e. The Morgan fingerprint density at radius 2 is 1.35 bits per heavy atom. The topological polar surface area (TPSA) is 93.4 Å². The summed E-state index contributed by atoms with van der Waals surface area (Å²) in [5.41, 5.74) is 8.40. The Labute approximate surface area is 201 Å². The van der Waals surface area contributed by atoms with Crippen LogP contribution < -0.4 is 21.1 Å². The van der Waals surface area contributed by atoms with E-state index in [1.54, 1.807) is 7.11 Å². The second-order valence-corrected chi connectivity index (χ2v) is 8.25. The molecule has 0 spiro atoms. The van der Waals surface area contributed by atoms with Crippen LogP contribution in [0, 0.1) is 0 Å². The van der Waals surface area contributed by atoms with Gasteiger partial charge < -0.3 is 21.1 Å². The molecule has 0 radical (unpaired) electrons. The largest absolute Gasteiger partial charge is 0.497 e. The molecule has 2 atom stereocenters. The first kappa shape index (κ1) is 25.0. The molecule has 34 heavy (non-hydrogen) atoms. The van der Waals surface area contributed by atoms with Crippen molar-refractivity contribution in [3.05, 3.63) is 102 Å². The Balaban J connectivity index is 1.77. The SMILES string of the molecule is COc1ccc([C@@H](C)NC(=O)[C@H](CCCN)NC(=O)C(c2ccccc2)c2ccccc2)cc1. The van der Waals surface area contributed by atoms with Gasteiger partial charge in [0.15, 0.2) is 0 Å². The van der Waals surface area contributed by atoms with Crippen LogP contribution in [-0.4, -0.2) is 31.5 Å². The van der Waals surface area contributed by atoms with E-state index in [0.717, 1.165) is 22.4 Å². The Hall–Kier alpha value is -3.64. The second kappa shape index (κ2) is 12.6. The number of carbonyl (C=O) groups excluding carboxylic acids is 2. The lowest BCUT2D eigenvalue weighted by atomic mass is 9.90. The fourth-order valence-corrected chi connectivity index (χ4v) is 3.92. The summed E-state index contributed by atoms with van der Waals surface area (Å²) in [7, 11) is 1.61. The number of nitrogens with two attached hydrogens (primary N) is 1. The highest BCUT2D eigenvalue weighted by Gasteiger charge is 2.28. The maximum atomic E-state index is 13.5. The molecule has 4 N–H and O–H groups in total. The van der Waals surface area contributed by atoms with Gasteiger partial charge in [-0.2, -0.15) is 0 Å². The van der Waals surface area contributed by atoms with Crippen molar-refractivity contribution in [1.29, 1.82) is 0 Å². The summed E-state index contributed by atoms with van der Waals surface area (Å²) < 4.78 is 5.20. The van der Waals surface area contributed by atoms with Gasteiger partial charge >= 0.3 is 0 Å². The molecule has 3 aromatic carbocycles. The number of benzene rings is 3. The average molecular weight is 460 g/mol. The maximum absolute atomic E-state index is 13.5. The number of hydrogen-bond donors (Lipinski definition) is 3. The molecule has 0 fully saturated rings. The molecule has 0 heterocycles. The molecule has 0 aliphatic carbocycles. The average Bonchev–Trinajstić information content (AvgIpc) is 2.88. The van der Waals surface area contributed by atoms with Gasteiger partial charge in [0, 0.05) is 0 Å². The smallest absolute Gasteiger partial charge is 0.243 e. The third kappa shape index (κ3) is 6.68. The van der Waals surface area contributed by atoms with Crippen LogP contribution in [0.2, 0.25) is 0 Å². The van der Waals surface area contributed by atoms with Crippen molar-refractivity contribution in [2.24, 2.45) is 5.73 Å². The fourth-order valence-electron chi connectivity index (χ4n) is 3.92. The lowest BCUT2D eigenvalue weighted by molar-refractivity contribution is -0.129. The lowest BCUT2D eigenvalue weighted by Crippen LogP contribution is -2.48. The van der Waals surface area contributed by atoms with Gasteiger partial charge in [-0.05, 0) is 55.1 Å². The van der Waals surface area contributed by atoms with Crippen LogP contribution in [0.4, 0.5) is 0 Å². The summed E-state index contributed by atoms with van der Waals surface area (Å²) in [5.74, 6) is -0.213.